The number of rotatable bonds is 3. The van der Waals surface area contributed by atoms with Crippen molar-refractivity contribution in [2.45, 2.75) is 44.4 Å². The van der Waals surface area contributed by atoms with Gasteiger partial charge in [-0.05, 0) is 37.0 Å². The monoisotopic (exact) mass is 374 g/mol. The van der Waals surface area contributed by atoms with Gasteiger partial charge in [0.1, 0.15) is 0 Å². The van der Waals surface area contributed by atoms with Crippen LogP contribution in [0.1, 0.15) is 34.7 Å². The molecule has 0 amide bonds. The minimum atomic E-state index is 0.0596. The van der Waals surface area contributed by atoms with Crippen LogP contribution in [0, 0.1) is 5.92 Å². The van der Waals surface area contributed by atoms with E-state index in [9.17, 15) is 4.79 Å². The molecule has 25 heavy (non-hydrogen) atoms. The summed E-state index contributed by atoms with van der Waals surface area (Å²) in [6.07, 6.45) is 5.93. The molecule has 0 atom stereocenters. The Balaban J connectivity index is 1.25. The second kappa shape index (κ2) is 6.43. The van der Waals surface area contributed by atoms with Crippen LogP contribution in [-0.4, -0.2) is 33.6 Å². The van der Waals surface area contributed by atoms with E-state index in [1.54, 1.807) is 10.7 Å². The van der Waals surface area contributed by atoms with Gasteiger partial charge in [0.05, 0.1) is 17.9 Å². The fraction of sp³-hybridized carbons (Fsp3) is 0.611. The third-order valence-corrected chi connectivity index (χ3v) is 7.62. The average molecular weight is 375 g/mol. The Morgan fingerprint density at radius 2 is 2.04 bits per heavy atom. The number of fused-ring (bicyclic) bond motifs is 2. The first-order valence-electron chi connectivity index (χ1n) is 9.17. The van der Waals surface area contributed by atoms with E-state index in [0.29, 0.717) is 5.92 Å². The van der Waals surface area contributed by atoms with Gasteiger partial charge in [0.25, 0.3) is 5.56 Å². The van der Waals surface area contributed by atoms with Gasteiger partial charge in [-0.2, -0.15) is 16.9 Å². The molecule has 2 aromatic heterocycles. The van der Waals surface area contributed by atoms with Crippen LogP contribution in [0.15, 0.2) is 10.9 Å². The van der Waals surface area contributed by atoms with Gasteiger partial charge in [0.2, 0.25) is 0 Å². The summed E-state index contributed by atoms with van der Waals surface area (Å²) < 4.78 is 1.70. The van der Waals surface area contributed by atoms with E-state index >= 15 is 0 Å². The highest BCUT2D eigenvalue weighted by Gasteiger charge is 2.31. The minimum Gasteiger partial charge on any atom is -0.347 e. The molecule has 5 rings (SSSR count). The van der Waals surface area contributed by atoms with Crippen molar-refractivity contribution in [1.82, 2.24) is 14.8 Å². The van der Waals surface area contributed by atoms with Gasteiger partial charge in [0.15, 0.2) is 5.13 Å². The Hall–Kier alpha value is -1.34. The Bertz CT molecular complexity index is 830. The van der Waals surface area contributed by atoms with Crippen LogP contribution in [0.5, 0.6) is 0 Å². The number of aryl methyl sites for hydroxylation is 3. The molecule has 7 heteroatoms. The summed E-state index contributed by atoms with van der Waals surface area (Å²) >= 11 is 3.77. The number of hydrogen-bond acceptors (Lipinski definition) is 6. The molecule has 132 valence electrons. The summed E-state index contributed by atoms with van der Waals surface area (Å²) in [6.45, 7) is 2.72. The van der Waals surface area contributed by atoms with Crippen LogP contribution >= 0.6 is 23.1 Å². The first kappa shape index (κ1) is 15.9. The summed E-state index contributed by atoms with van der Waals surface area (Å²) in [7, 11) is 0. The lowest BCUT2D eigenvalue weighted by Crippen LogP contribution is -2.49. The summed E-state index contributed by atoms with van der Waals surface area (Å²) in [5.74, 6) is 2.55. The number of hydrogen-bond donors (Lipinski definition) is 0. The highest BCUT2D eigenvalue weighted by atomic mass is 32.2. The van der Waals surface area contributed by atoms with E-state index in [-0.39, 0.29) is 5.56 Å². The van der Waals surface area contributed by atoms with Crippen molar-refractivity contribution in [1.29, 1.82) is 0 Å². The standard InChI is InChI=1S/C18H22N4OS2/c23-17-7-13-11-24-6-5-14(13)20-22(17)10-12-8-21(9-12)18-19-15-3-1-2-4-16(15)25-18/h7,12H,1-6,8-11H2. The second-order valence-corrected chi connectivity index (χ2v) is 9.45. The van der Waals surface area contributed by atoms with Crippen molar-refractivity contribution in [2.75, 3.05) is 23.7 Å². The fourth-order valence-corrected chi connectivity index (χ4v) is 6.06. The molecule has 3 aliphatic rings. The van der Waals surface area contributed by atoms with Gasteiger partial charge in [-0.25, -0.2) is 9.67 Å². The predicted molar refractivity (Wildman–Crippen MR) is 103 cm³/mol. The molecule has 2 aromatic rings. The smallest absolute Gasteiger partial charge is 0.267 e. The minimum absolute atomic E-state index is 0.0596. The lowest BCUT2D eigenvalue weighted by molar-refractivity contribution is 0.332. The van der Waals surface area contributed by atoms with Crippen LogP contribution in [0.4, 0.5) is 5.13 Å². The number of thioether (sulfide) groups is 1. The molecule has 0 bridgehead atoms. The van der Waals surface area contributed by atoms with E-state index in [1.807, 2.05) is 23.1 Å². The van der Waals surface area contributed by atoms with Crippen molar-refractivity contribution in [3.05, 3.63) is 38.2 Å². The normalized spacial score (nSPS) is 20.1. The van der Waals surface area contributed by atoms with Crippen LogP contribution < -0.4 is 10.5 Å². The molecule has 0 radical (unpaired) electrons. The number of thiazole rings is 1. The topological polar surface area (TPSA) is 51.0 Å². The zero-order valence-electron chi connectivity index (χ0n) is 14.2. The lowest BCUT2D eigenvalue weighted by Gasteiger charge is -2.39. The Morgan fingerprint density at radius 1 is 1.16 bits per heavy atom. The van der Waals surface area contributed by atoms with Crippen molar-refractivity contribution >= 4 is 28.2 Å². The molecular formula is C18H22N4OS2. The summed E-state index contributed by atoms with van der Waals surface area (Å²) in [4.78, 5) is 21.0. The largest absolute Gasteiger partial charge is 0.347 e. The van der Waals surface area contributed by atoms with E-state index in [4.69, 9.17) is 4.98 Å². The zero-order chi connectivity index (χ0) is 16.8. The van der Waals surface area contributed by atoms with Gasteiger partial charge >= 0.3 is 0 Å². The molecule has 4 heterocycles. The molecule has 2 aliphatic heterocycles. The summed E-state index contributed by atoms with van der Waals surface area (Å²) in [5, 5.41) is 5.83. The Kier molecular flexibility index (Phi) is 4.08. The average Bonchev–Trinajstić information content (AvgIpc) is 3.01. The third-order valence-electron chi connectivity index (χ3n) is 5.40. The molecule has 1 fully saturated rings. The molecule has 5 nitrogen and oxygen atoms in total. The van der Waals surface area contributed by atoms with Crippen LogP contribution in [0.25, 0.3) is 0 Å². The SMILES string of the molecule is O=c1cc2c(nn1CC1CN(c3nc4c(s3)CCCC4)C1)CCSC2. The number of anilines is 1. The molecule has 0 aromatic carbocycles. The first-order chi connectivity index (χ1) is 12.3. The highest BCUT2D eigenvalue weighted by molar-refractivity contribution is 7.98. The molecular weight excluding hydrogens is 352 g/mol. The van der Waals surface area contributed by atoms with Gasteiger partial charge in [-0.3, -0.25) is 4.79 Å². The van der Waals surface area contributed by atoms with E-state index < -0.39 is 0 Å². The number of nitrogens with zero attached hydrogens (tertiary/aromatic N) is 4. The Labute approximate surface area is 155 Å². The molecule has 0 saturated carbocycles. The molecule has 0 unspecified atom stereocenters. The van der Waals surface area contributed by atoms with Gasteiger partial charge in [-0.1, -0.05) is 0 Å². The van der Waals surface area contributed by atoms with Gasteiger partial charge in [0, 0.05) is 42.1 Å². The van der Waals surface area contributed by atoms with Crippen molar-refractivity contribution in [2.24, 2.45) is 5.92 Å². The maximum atomic E-state index is 12.3. The van der Waals surface area contributed by atoms with E-state index in [0.717, 1.165) is 55.2 Å². The Morgan fingerprint density at radius 3 is 2.92 bits per heavy atom. The van der Waals surface area contributed by atoms with Crippen molar-refractivity contribution in [3.8, 4) is 0 Å². The second-order valence-electron chi connectivity index (χ2n) is 7.28. The van der Waals surface area contributed by atoms with Crippen LogP contribution in [0.3, 0.4) is 0 Å². The predicted octanol–water partition coefficient (Wildman–Crippen LogP) is 2.50. The fourth-order valence-electron chi connectivity index (χ4n) is 3.94. The quantitative estimate of drug-likeness (QED) is 0.826. The van der Waals surface area contributed by atoms with Gasteiger partial charge < -0.3 is 4.90 Å². The first-order valence-corrected chi connectivity index (χ1v) is 11.1. The summed E-state index contributed by atoms with van der Waals surface area (Å²) in [6, 6.07) is 1.81. The van der Waals surface area contributed by atoms with E-state index in [1.165, 1.54) is 35.0 Å². The van der Waals surface area contributed by atoms with E-state index in [2.05, 4.69) is 10.00 Å². The van der Waals surface area contributed by atoms with Crippen LogP contribution in [0.2, 0.25) is 0 Å². The molecule has 0 N–H and O–H groups in total. The zero-order valence-corrected chi connectivity index (χ0v) is 15.9. The van der Waals surface area contributed by atoms with Crippen molar-refractivity contribution in [3.63, 3.8) is 0 Å². The molecule has 1 saturated heterocycles. The van der Waals surface area contributed by atoms with Crippen LogP contribution in [-0.2, 0) is 31.6 Å². The highest BCUT2D eigenvalue weighted by Crippen LogP contribution is 2.35. The molecule has 0 spiro atoms. The van der Waals surface area contributed by atoms with Crippen molar-refractivity contribution < 1.29 is 0 Å². The maximum Gasteiger partial charge on any atom is 0.267 e. The van der Waals surface area contributed by atoms with Gasteiger partial charge in [-0.15, -0.1) is 11.3 Å². The maximum absolute atomic E-state index is 12.3. The number of aromatic nitrogens is 3. The molecule has 1 aliphatic carbocycles. The summed E-state index contributed by atoms with van der Waals surface area (Å²) in [5.41, 5.74) is 3.66. The lowest BCUT2D eigenvalue weighted by atomic mass is 10.0. The third kappa shape index (κ3) is 3.01.